The van der Waals surface area contributed by atoms with Crippen LogP contribution in [0, 0.1) is 0 Å². The number of nitrogens with one attached hydrogen (secondary N) is 1. The van der Waals surface area contributed by atoms with E-state index in [0.717, 1.165) is 16.7 Å². The van der Waals surface area contributed by atoms with Crippen LogP contribution in [0.2, 0.25) is 0 Å². The Morgan fingerprint density at radius 2 is 1.96 bits per heavy atom. The SMILES string of the molecule is COc1ccc(CNC(=O)c2ccc3c(N)ncnc3c2)cc1. The number of amides is 1. The van der Waals surface area contributed by atoms with Gasteiger partial charge in [0, 0.05) is 17.5 Å². The second-order valence-corrected chi connectivity index (χ2v) is 5.02. The molecule has 1 heterocycles. The highest BCUT2D eigenvalue weighted by atomic mass is 16.5. The molecule has 0 spiro atoms. The minimum Gasteiger partial charge on any atom is -0.497 e. The summed E-state index contributed by atoms with van der Waals surface area (Å²) in [6.45, 7) is 0.437. The molecule has 1 aromatic heterocycles. The van der Waals surface area contributed by atoms with Crippen LogP contribution in [0.1, 0.15) is 15.9 Å². The van der Waals surface area contributed by atoms with Crippen molar-refractivity contribution in [1.29, 1.82) is 0 Å². The number of nitrogens with two attached hydrogens (primary N) is 1. The number of hydrogen-bond acceptors (Lipinski definition) is 5. The average Bonchev–Trinajstić information content (AvgIpc) is 2.60. The van der Waals surface area contributed by atoms with Crippen molar-refractivity contribution < 1.29 is 9.53 Å². The Labute approximate surface area is 133 Å². The summed E-state index contributed by atoms with van der Waals surface area (Å²) in [5.41, 5.74) is 7.95. The molecule has 0 aliphatic carbocycles. The van der Waals surface area contributed by atoms with Gasteiger partial charge in [-0.3, -0.25) is 4.79 Å². The minimum absolute atomic E-state index is 0.167. The fraction of sp³-hybridized carbons (Fsp3) is 0.118. The van der Waals surface area contributed by atoms with Gasteiger partial charge in [-0.05, 0) is 35.9 Å². The first kappa shape index (κ1) is 14.8. The Kier molecular flexibility index (Phi) is 4.05. The monoisotopic (exact) mass is 308 g/mol. The Morgan fingerprint density at radius 3 is 2.70 bits per heavy atom. The maximum atomic E-state index is 12.3. The topological polar surface area (TPSA) is 90.1 Å². The standard InChI is InChI=1S/C17H16N4O2/c1-23-13-5-2-11(3-6-13)9-19-17(22)12-4-7-14-15(8-12)20-10-21-16(14)18/h2-8,10H,9H2,1H3,(H,19,22)(H2,18,20,21). The van der Waals surface area contributed by atoms with Crippen molar-refractivity contribution in [3.05, 3.63) is 59.9 Å². The first-order chi connectivity index (χ1) is 11.2. The largest absolute Gasteiger partial charge is 0.497 e. The van der Waals surface area contributed by atoms with Crippen molar-refractivity contribution in [2.45, 2.75) is 6.54 Å². The third-order valence-electron chi connectivity index (χ3n) is 3.54. The van der Waals surface area contributed by atoms with E-state index in [9.17, 15) is 4.79 Å². The fourth-order valence-electron chi connectivity index (χ4n) is 2.25. The molecule has 0 saturated heterocycles. The van der Waals surface area contributed by atoms with E-state index < -0.39 is 0 Å². The van der Waals surface area contributed by atoms with Gasteiger partial charge in [0.05, 0.1) is 12.6 Å². The van der Waals surface area contributed by atoms with Crippen molar-refractivity contribution in [1.82, 2.24) is 15.3 Å². The lowest BCUT2D eigenvalue weighted by atomic mass is 10.1. The molecular weight excluding hydrogens is 292 g/mol. The van der Waals surface area contributed by atoms with Gasteiger partial charge in [-0.15, -0.1) is 0 Å². The van der Waals surface area contributed by atoms with Crippen LogP contribution in [0.15, 0.2) is 48.8 Å². The van der Waals surface area contributed by atoms with E-state index in [2.05, 4.69) is 15.3 Å². The van der Waals surface area contributed by atoms with E-state index in [4.69, 9.17) is 10.5 Å². The van der Waals surface area contributed by atoms with E-state index in [1.807, 2.05) is 24.3 Å². The number of carbonyl (C=O) groups excluding carboxylic acids is 1. The van der Waals surface area contributed by atoms with Gasteiger partial charge in [0.15, 0.2) is 0 Å². The molecule has 1 amide bonds. The van der Waals surface area contributed by atoms with Crippen molar-refractivity contribution in [3.8, 4) is 5.75 Å². The number of nitrogen functional groups attached to an aromatic ring is 1. The van der Waals surface area contributed by atoms with Gasteiger partial charge in [-0.1, -0.05) is 12.1 Å². The molecule has 116 valence electrons. The summed E-state index contributed by atoms with van der Waals surface area (Å²) in [6.07, 6.45) is 1.39. The average molecular weight is 308 g/mol. The molecular formula is C17H16N4O2. The molecule has 3 aromatic rings. The Morgan fingerprint density at radius 1 is 1.17 bits per heavy atom. The Bertz CT molecular complexity index is 847. The molecule has 0 atom stereocenters. The molecule has 3 N–H and O–H groups in total. The van der Waals surface area contributed by atoms with Crippen LogP contribution >= 0.6 is 0 Å². The maximum absolute atomic E-state index is 12.3. The Hall–Kier alpha value is -3.15. The second-order valence-electron chi connectivity index (χ2n) is 5.02. The quantitative estimate of drug-likeness (QED) is 0.770. The van der Waals surface area contributed by atoms with Crippen LogP contribution in [0.4, 0.5) is 5.82 Å². The number of carbonyl (C=O) groups is 1. The smallest absolute Gasteiger partial charge is 0.251 e. The normalized spacial score (nSPS) is 10.5. The number of benzene rings is 2. The van der Waals surface area contributed by atoms with Crippen LogP contribution in [-0.4, -0.2) is 23.0 Å². The van der Waals surface area contributed by atoms with Gasteiger partial charge in [-0.25, -0.2) is 9.97 Å². The van der Waals surface area contributed by atoms with E-state index in [1.54, 1.807) is 25.3 Å². The lowest BCUT2D eigenvalue weighted by molar-refractivity contribution is 0.0951. The van der Waals surface area contributed by atoms with Crippen LogP contribution < -0.4 is 15.8 Å². The zero-order valence-corrected chi connectivity index (χ0v) is 12.6. The Balaban J connectivity index is 1.72. The number of ether oxygens (including phenoxy) is 1. The van der Waals surface area contributed by atoms with Gasteiger partial charge < -0.3 is 15.8 Å². The van der Waals surface area contributed by atoms with Gasteiger partial charge >= 0.3 is 0 Å². The molecule has 6 nitrogen and oxygen atoms in total. The first-order valence-electron chi connectivity index (χ1n) is 7.09. The zero-order chi connectivity index (χ0) is 16.2. The van der Waals surface area contributed by atoms with Crippen LogP contribution in [0.25, 0.3) is 10.9 Å². The molecule has 0 fully saturated rings. The van der Waals surface area contributed by atoms with E-state index in [1.165, 1.54) is 6.33 Å². The van der Waals surface area contributed by atoms with E-state index >= 15 is 0 Å². The number of aromatic nitrogens is 2. The van der Waals surface area contributed by atoms with Crippen molar-refractivity contribution in [2.24, 2.45) is 0 Å². The van der Waals surface area contributed by atoms with E-state index in [0.29, 0.717) is 23.4 Å². The van der Waals surface area contributed by atoms with Gasteiger partial charge in [-0.2, -0.15) is 0 Å². The highest BCUT2D eigenvalue weighted by Gasteiger charge is 2.08. The molecule has 3 rings (SSSR count). The number of anilines is 1. The molecule has 23 heavy (non-hydrogen) atoms. The van der Waals surface area contributed by atoms with Crippen molar-refractivity contribution in [2.75, 3.05) is 12.8 Å². The number of fused-ring (bicyclic) bond motifs is 1. The summed E-state index contributed by atoms with van der Waals surface area (Å²) in [5.74, 6) is 1.02. The predicted octanol–water partition coefficient (Wildman–Crippen LogP) is 2.15. The van der Waals surface area contributed by atoms with Gasteiger partial charge in [0.1, 0.15) is 17.9 Å². The second kappa shape index (κ2) is 6.31. The lowest BCUT2D eigenvalue weighted by Gasteiger charge is -2.07. The molecule has 0 radical (unpaired) electrons. The zero-order valence-electron chi connectivity index (χ0n) is 12.6. The van der Waals surface area contributed by atoms with Crippen LogP contribution in [0.3, 0.4) is 0 Å². The number of methoxy groups -OCH3 is 1. The first-order valence-corrected chi connectivity index (χ1v) is 7.09. The number of nitrogens with zero attached hydrogens (tertiary/aromatic N) is 2. The third-order valence-corrected chi connectivity index (χ3v) is 3.54. The van der Waals surface area contributed by atoms with E-state index in [-0.39, 0.29) is 5.91 Å². The minimum atomic E-state index is -0.167. The molecule has 2 aromatic carbocycles. The molecule has 6 heteroatoms. The lowest BCUT2D eigenvalue weighted by Crippen LogP contribution is -2.22. The highest BCUT2D eigenvalue weighted by Crippen LogP contribution is 2.18. The van der Waals surface area contributed by atoms with Gasteiger partial charge in [0.25, 0.3) is 5.91 Å². The van der Waals surface area contributed by atoms with Crippen molar-refractivity contribution in [3.63, 3.8) is 0 Å². The molecule has 0 aliphatic rings. The maximum Gasteiger partial charge on any atom is 0.251 e. The summed E-state index contributed by atoms with van der Waals surface area (Å²) >= 11 is 0. The number of rotatable bonds is 4. The summed E-state index contributed by atoms with van der Waals surface area (Å²) in [4.78, 5) is 20.3. The number of hydrogen-bond donors (Lipinski definition) is 2. The van der Waals surface area contributed by atoms with Crippen LogP contribution in [0.5, 0.6) is 5.75 Å². The molecule has 0 aliphatic heterocycles. The summed E-state index contributed by atoms with van der Waals surface area (Å²) in [5, 5.41) is 3.61. The fourth-order valence-corrected chi connectivity index (χ4v) is 2.25. The molecule has 0 saturated carbocycles. The van der Waals surface area contributed by atoms with Crippen molar-refractivity contribution >= 4 is 22.6 Å². The third kappa shape index (κ3) is 3.21. The van der Waals surface area contributed by atoms with Crippen LogP contribution in [-0.2, 0) is 6.54 Å². The summed E-state index contributed by atoms with van der Waals surface area (Å²) in [7, 11) is 1.62. The summed E-state index contributed by atoms with van der Waals surface area (Å²) in [6, 6.07) is 12.7. The summed E-state index contributed by atoms with van der Waals surface area (Å²) < 4.78 is 5.11. The predicted molar refractivity (Wildman–Crippen MR) is 88.1 cm³/mol. The highest BCUT2D eigenvalue weighted by molar-refractivity contribution is 5.99. The molecule has 0 bridgehead atoms. The molecule has 0 unspecified atom stereocenters. The van der Waals surface area contributed by atoms with Gasteiger partial charge in [0.2, 0.25) is 0 Å².